The number of ketones is 1. The van der Waals surface area contributed by atoms with Gasteiger partial charge in [0, 0.05) is 12.8 Å². The maximum Gasteiger partial charge on any atom is 0.135 e. The van der Waals surface area contributed by atoms with E-state index in [1.165, 1.54) is 0 Å². The Bertz CT molecular complexity index is 152. The molecule has 0 heterocycles. The van der Waals surface area contributed by atoms with Gasteiger partial charge >= 0.3 is 0 Å². The lowest BCUT2D eigenvalue weighted by Crippen LogP contribution is -2.16. The molecule has 3 heteroatoms. The van der Waals surface area contributed by atoms with E-state index in [4.69, 9.17) is 10.2 Å². The summed E-state index contributed by atoms with van der Waals surface area (Å²) in [5, 5.41) is 17.3. The molecule has 1 atom stereocenters. The molecule has 0 saturated carbocycles. The normalized spacial score (nSPS) is 13.6. The molecule has 2 N–H and O–H groups in total. The first kappa shape index (κ1) is 11.3. The quantitative estimate of drug-likeness (QED) is 0.578. The fourth-order valence-electron chi connectivity index (χ4n) is 0.840. The van der Waals surface area contributed by atoms with E-state index in [1.807, 2.05) is 19.1 Å². The summed E-state index contributed by atoms with van der Waals surface area (Å²) in [5.41, 5.74) is 0. The molecule has 0 aromatic carbocycles. The van der Waals surface area contributed by atoms with E-state index < -0.39 is 6.10 Å². The molecule has 0 radical (unpaired) electrons. The van der Waals surface area contributed by atoms with Gasteiger partial charge in [0.05, 0.1) is 12.7 Å². The van der Waals surface area contributed by atoms with Crippen molar-refractivity contribution in [2.24, 2.45) is 0 Å². The van der Waals surface area contributed by atoms with Gasteiger partial charge in [-0.3, -0.25) is 4.79 Å². The van der Waals surface area contributed by atoms with Crippen molar-refractivity contribution in [1.82, 2.24) is 0 Å². The van der Waals surface area contributed by atoms with Crippen molar-refractivity contribution in [3.8, 4) is 0 Å². The van der Waals surface area contributed by atoms with Gasteiger partial charge < -0.3 is 10.2 Å². The van der Waals surface area contributed by atoms with Crippen LogP contribution in [0.5, 0.6) is 0 Å². The van der Waals surface area contributed by atoms with Crippen LogP contribution in [0.2, 0.25) is 0 Å². The van der Waals surface area contributed by atoms with E-state index in [1.54, 1.807) is 0 Å². The Labute approximate surface area is 72.7 Å². The van der Waals surface area contributed by atoms with Crippen LogP contribution in [0.15, 0.2) is 12.2 Å². The minimum Gasteiger partial charge on any atom is -0.394 e. The second-order valence-corrected chi connectivity index (χ2v) is 2.69. The molecule has 0 fully saturated rings. The van der Waals surface area contributed by atoms with Crippen LogP contribution in [0.25, 0.3) is 0 Å². The minimum absolute atomic E-state index is 0.00495. The number of carbonyl (C=O) groups excluding carboxylic acids is 1. The van der Waals surface area contributed by atoms with Gasteiger partial charge in [-0.25, -0.2) is 0 Å². The van der Waals surface area contributed by atoms with Gasteiger partial charge in [0.1, 0.15) is 5.78 Å². The molecule has 0 aromatic heterocycles. The van der Waals surface area contributed by atoms with Gasteiger partial charge in [0.2, 0.25) is 0 Å². The number of aliphatic hydroxyl groups is 2. The summed E-state index contributed by atoms with van der Waals surface area (Å²) < 4.78 is 0. The molecule has 0 rings (SSSR count). The number of hydrogen-bond acceptors (Lipinski definition) is 3. The second kappa shape index (κ2) is 7.00. The molecular weight excluding hydrogens is 156 g/mol. The van der Waals surface area contributed by atoms with E-state index in [0.29, 0.717) is 12.8 Å². The van der Waals surface area contributed by atoms with Crippen LogP contribution in [0.4, 0.5) is 0 Å². The standard InChI is InChI=1S/C9H16O3/c1-2-3-4-5-8(11)6-9(12)7-10/h2-3,9-10,12H,4-7H2,1H3. The molecular formula is C9H16O3. The molecule has 0 saturated heterocycles. The molecule has 0 spiro atoms. The Morgan fingerprint density at radius 2 is 2.25 bits per heavy atom. The number of Topliss-reactive ketones (excluding diaryl/α,β-unsaturated/α-hetero) is 1. The van der Waals surface area contributed by atoms with Crippen molar-refractivity contribution >= 4 is 5.78 Å². The highest BCUT2D eigenvalue weighted by molar-refractivity contribution is 5.78. The number of aliphatic hydroxyl groups excluding tert-OH is 2. The van der Waals surface area contributed by atoms with Gasteiger partial charge in [-0.1, -0.05) is 12.2 Å². The molecule has 0 bridgehead atoms. The van der Waals surface area contributed by atoms with Crippen LogP contribution in [0.1, 0.15) is 26.2 Å². The first-order valence-corrected chi connectivity index (χ1v) is 4.12. The minimum atomic E-state index is -0.886. The van der Waals surface area contributed by atoms with Crippen molar-refractivity contribution in [3.05, 3.63) is 12.2 Å². The Morgan fingerprint density at radius 1 is 1.58 bits per heavy atom. The smallest absolute Gasteiger partial charge is 0.135 e. The van der Waals surface area contributed by atoms with E-state index in [0.717, 1.165) is 0 Å². The maximum absolute atomic E-state index is 11.0. The second-order valence-electron chi connectivity index (χ2n) is 2.69. The molecule has 12 heavy (non-hydrogen) atoms. The van der Waals surface area contributed by atoms with Crippen LogP contribution in [0.3, 0.4) is 0 Å². The first-order chi connectivity index (χ1) is 5.70. The van der Waals surface area contributed by atoms with Crippen molar-refractivity contribution < 1.29 is 15.0 Å². The van der Waals surface area contributed by atoms with E-state index in [2.05, 4.69) is 0 Å². The summed E-state index contributed by atoms with van der Waals surface area (Å²) in [6, 6.07) is 0. The van der Waals surface area contributed by atoms with Crippen LogP contribution in [0, 0.1) is 0 Å². The average molecular weight is 172 g/mol. The molecule has 0 aromatic rings. The van der Waals surface area contributed by atoms with E-state index in [9.17, 15) is 4.79 Å². The maximum atomic E-state index is 11.0. The largest absolute Gasteiger partial charge is 0.394 e. The lowest BCUT2D eigenvalue weighted by atomic mass is 10.1. The zero-order valence-electron chi connectivity index (χ0n) is 7.36. The topological polar surface area (TPSA) is 57.5 Å². The Hall–Kier alpha value is -0.670. The molecule has 0 aliphatic heterocycles. The number of hydrogen-bond donors (Lipinski definition) is 2. The lowest BCUT2D eigenvalue weighted by Gasteiger charge is -2.04. The van der Waals surface area contributed by atoms with Crippen LogP contribution in [-0.2, 0) is 4.79 Å². The highest BCUT2D eigenvalue weighted by Crippen LogP contribution is 1.99. The fraction of sp³-hybridized carbons (Fsp3) is 0.667. The highest BCUT2D eigenvalue weighted by Gasteiger charge is 2.07. The zero-order chi connectivity index (χ0) is 9.40. The molecule has 0 amide bonds. The lowest BCUT2D eigenvalue weighted by molar-refractivity contribution is -0.121. The molecule has 3 nitrogen and oxygen atoms in total. The van der Waals surface area contributed by atoms with Crippen molar-refractivity contribution in [1.29, 1.82) is 0 Å². The summed E-state index contributed by atoms with van der Waals surface area (Å²) >= 11 is 0. The number of carbonyl (C=O) groups is 1. The summed E-state index contributed by atoms with van der Waals surface area (Å²) in [6.07, 6.45) is 4.13. The van der Waals surface area contributed by atoms with Crippen molar-refractivity contribution in [2.75, 3.05) is 6.61 Å². The zero-order valence-corrected chi connectivity index (χ0v) is 7.36. The van der Waals surface area contributed by atoms with Crippen LogP contribution >= 0.6 is 0 Å². The predicted molar refractivity (Wildman–Crippen MR) is 46.8 cm³/mol. The predicted octanol–water partition coefficient (Wildman–Crippen LogP) is 0.655. The third-order valence-electron chi connectivity index (χ3n) is 1.50. The third kappa shape index (κ3) is 6.07. The Balaban J connectivity index is 3.46. The SMILES string of the molecule is CC=CCCC(=O)CC(O)CO. The average Bonchev–Trinajstić information content (AvgIpc) is 2.05. The van der Waals surface area contributed by atoms with Gasteiger partial charge in [-0.05, 0) is 13.3 Å². The molecule has 70 valence electrons. The third-order valence-corrected chi connectivity index (χ3v) is 1.50. The molecule has 1 unspecified atom stereocenters. The summed E-state index contributed by atoms with van der Waals surface area (Å²) in [4.78, 5) is 11.0. The van der Waals surface area contributed by atoms with Gasteiger partial charge in [-0.15, -0.1) is 0 Å². The monoisotopic (exact) mass is 172 g/mol. The van der Waals surface area contributed by atoms with E-state index in [-0.39, 0.29) is 18.8 Å². The Kier molecular flexibility index (Phi) is 6.61. The van der Waals surface area contributed by atoms with E-state index >= 15 is 0 Å². The van der Waals surface area contributed by atoms with Gasteiger partial charge in [-0.2, -0.15) is 0 Å². The van der Waals surface area contributed by atoms with Gasteiger partial charge in [0.25, 0.3) is 0 Å². The van der Waals surface area contributed by atoms with Crippen molar-refractivity contribution in [3.63, 3.8) is 0 Å². The molecule has 0 aliphatic rings. The number of rotatable bonds is 6. The highest BCUT2D eigenvalue weighted by atomic mass is 16.3. The van der Waals surface area contributed by atoms with Crippen molar-refractivity contribution in [2.45, 2.75) is 32.3 Å². The summed E-state index contributed by atoms with van der Waals surface area (Å²) in [6.45, 7) is 1.56. The number of allylic oxidation sites excluding steroid dienone is 2. The Morgan fingerprint density at radius 3 is 2.75 bits per heavy atom. The summed E-state index contributed by atoms with van der Waals surface area (Å²) in [7, 11) is 0. The molecule has 0 aliphatic carbocycles. The first-order valence-electron chi connectivity index (χ1n) is 4.12. The van der Waals surface area contributed by atoms with Gasteiger partial charge in [0.15, 0.2) is 0 Å². The van der Waals surface area contributed by atoms with Crippen LogP contribution in [-0.4, -0.2) is 28.7 Å². The summed E-state index contributed by atoms with van der Waals surface area (Å²) in [5.74, 6) is -0.00495. The van der Waals surface area contributed by atoms with Crippen LogP contribution < -0.4 is 0 Å². The fourth-order valence-corrected chi connectivity index (χ4v) is 0.840.